The first-order chi connectivity index (χ1) is 19.4. The van der Waals surface area contributed by atoms with Crippen LogP contribution in [0.4, 0.5) is 4.79 Å². The smallest absolute Gasteiger partial charge is 0.411 e. The maximum atomic E-state index is 13.8. The lowest BCUT2D eigenvalue weighted by Gasteiger charge is -2.31. The highest BCUT2D eigenvalue weighted by Crippen LogP contribution is 2.45. The van der Waals surface area contributed by atoms with Crippen molar-refractivity contribution in [2.24, 2.45) is 5.92 Å². The highest BCUT2D eigenvalue weighted by Gasteiger charge is 2.35. The lowest BCUT2D eigenvalue weighted by molar-refractivity contribution is -0.127. The Morgan fingerprint density at radius 1 is 0.925 bits per heavy atom. The number of fused-ring (bicyclic) bond motifs is 15. The van der Waals surface area contributed by atoms with Gasteiger partial charge in [0, 0.05) is 24.6 Å². The van der Waals surface area contributed by atoms with Crippen LogP contribution in [0.15, 0.2) is 84.9 Å². The molecule has 7 heteroatoms. The third-order valence-electron chi connectivity index (χ3n) is 7.56. The number of likely N-dealkylation sites (N-methyl/N-ethyl adjacent to an activating group) is 1. The van der Waals surface area contributed by atoms with Gasteiger partial charge in [-0.1, -0.05) is 80.6 Å². The Labute approximate surface area is 235 Å². The second kappa shape index (κ2) is 12.4. The van der Waals surface area contributed by atoms with E-state index in [4.69, 9.17) is 14.2 Å². The molecule has 40 heavy (non-hydrogen) atoms. The van der Waals surface area contributed by atoms with Crippen molar-refractivity contribution in [3.05, 3.63) is 102 Å². The Balaban J connectivity index is 1.41. The van der Waals surface area contributed by atoms with Crippen molar-refractivity contribution in [1.82, 2.24) is 10.2 Å². The SMILES string of the molecule is CC(C)[C@H]1COC/C=C\COc2ccc(cc2)C[C@@H](N(C)C(=O)OC2c3ccccc3-c3ccccc32)C(=O)N1. The first-order valence-corrected chi connectivity index (χ1v) is 13.8. The van der Waals surface area contributed by atoms with Gasteiger partial charge in [-0.05, 0) is 40.8 Å². The maximum absolute atomic E-state index is 13.8. The third kappa shape index (κ3) is 6.05. The van der Waals surface area contributed by atoms with Crippen molar-refractivity contribution < 1.29 is 23.8 Å². The van der Waals surface area contributed by atoms with Gasteiger partial charge >= 0.3 is 6.09 Å². The normalized spacial score (nSPS) is 20.2. The number of hydrogen-bond donors (Lipinski definition) is 1. The van der Waals surface area contributed by atoms with Gasteiger partial charge in [0.15, 0.2) is 6.10 Å². The number of nitrogens with zero attached hydrogens (tertiary/aromatic N) is 1. The Bertz CT molecular complexity index is 1320. The van der Waals surface area contributed by atoms with Gasteiger partial charge in [-0.3, -0.25) is 9.69 Å². The van der Waals surface area contributed by atoms with Gasteiger partial charge in [-0.25, -0.2) is 4.79 Å². The van der Waals surface area contributed by atoms with Crippen LogP contribution in [0, 0.1) is 5.92 Å². The summed E-state index contributed by atoms with van der Waals surface area (Å²) in [4.78, 5) is 28.8. The molecular weight excluding hydrogens is 504 g/mol. The summed E-state index contributed by atoms with van der Waals surface area (Å²) >= 11 is 0. The van der Waals surface area contributed by atoms with E-state index in [9.17, 15) is 9.59 Å². The van der Waals surface area contributed by atoms with Crippen molar-refractivity contribution >= 4 is 12.0 Å². The third-order valence-corrected chi connectivity index (χ3v) is 7.56. The number of nitrogens with one attached hydrogen (secondary N) is 1. The van der Waals surface area contributed by atoms with Crippen LogP contribution >= 0.6 is 0 Å². The highest BCUT2D eigenvalue weighted by atomic mass is 16.6. The molecule has 0 unspecified atom stereocenters. The van der Waals surface area contributed by atoms with Crippen molar-refractivity contribution in [2.45, 2.75) is 38.5 Å². The minimum absolute atomic E-state index is 0.138. The largest absolute Gasteiger partial charge is 0.490 e. The van der Waals surface area contributed by atoms with E-state index < -0.39 is 18.2 Å². The molecule has 2 aliphatic heterocycles. The van der Waals surface area contributed by atoms with Gasteiger partial charge in [0.2, 0.25) is 5.91 Å². The minimum Gasteiger partial charge on any atom is -0.490 e. The van der Waals surface area contributed by atoms with E-state index in [2.05, 4.69) is 5.32 Å². The molecule has 0 saturated carbocycles. The molecule has 3 aliphatic rings. The second-order valence-electron chi connectivity index (χ2n) is 10.6. The fraction of sp³-hybridized carbons (Fsp3) is 0.333. The quantitative estimate of drug-likeness (QED) is 0.442. The maximum Gasteiger partial charge on any atom is 0.411 e. The van der Waals surface area contributed by atoms with Crippen molar-refractivity contribution in [2.75, 3.05) is 26.9 Å². The number of hydrogen-bond acceptors (Lipinski definition) is 5. The molecule has 0 saturated heterocycles. The zero-order chi connectivity index (χ0) is 28.1. The summed E-state index contributed by atoms with van der Waals surface area (Å²) in [5.41, 5.74) is 4.89. The van der Waals surface area contributed by atoms with Crippen LogP contribution in [0.2, 0.25) is 0 Å². The number of carbonyl (C=O) groups is 2. The van der Waals surface area contributed by atoms with E-state index in [1.807, 2.05) is 98.8 Å². The van der Waals surface area contributed by atoms with E-state index in [0.717, 1.165) is 33.6 Å². The molecule has 0 aromatic heterocycles. The minimum atomic E-state index is -0.791. The van der Waals surface area contributed by atoms with Crippen LogP contribution in [-0.2, 0) is 20.7 Å². The average Bonchev–Trinajstić information content (AvgIpc) is 3.27. The van der Waals surface area contributed by atoms with Crippen molar-refractivity contribution in [3.8, 4) is 16.9 Å². The highest BCUT2D eigenvalue weighted by molar-refractivity contribution is 5.87. The zero-order valence-electron chi connectivity index (χ0n) is 23.2. The summed E-state index contributed by atoms with van der Waals surface area (Å²) < 4.78 is 17.7. The fourth-order valence-corrected chi connectivity index (χ4v) is 5.12. The van der Waals surface area contributed by atoms with Crippen LogP contribution in [0.1, 0.15) is 36.6 Å². The molecule has 0 spiro atoms. The Morgan fingerprint density at radius 3 is 2.20 bits per heavy atom. The molecular formula is C33H36N2O5. The topological polar surface area (TPSA) is 77.1 Å². The van der Waals surface area contributed by atoms with Gasteiger partial charge < -0.3 is 19.5 Å². The van der Waals surface area contributed by atoms with Crippen molar-refractivity contribution in [3.63, 3.8) is 0 Å². The average molecular weight is 541 g/mol. The van der Waals surface area contributed by atoms with Crippen LogP contribution in [0.25, 0.3) is 11.1 Å². The summed E-state index contributed by atoms with van der Waals surface area (Å²) in [7, 11) is 1.63. The molecule has 1 N–H and O–H groups in total. The summed E-state index contributed by atoms with van der Waals surface area (Å²) in [6.45, 7) is 5.30. The number of carbonyl (C=O) groups excluding carboxylic acids is 2. The van der Waals surface area contributed by atoms with Gasteiger partial charge in [0.25, 0.3) is 0 Å². The van der Waals surface area contributed by atoms with E-state index in [1.54, 1.807) is 7.05 Å². The zero-order valence-corrected chi connectivity index (χ0v) is 23.2. The summed E-state index contributed by atoms with van der Waals surface area (Å²) in [6, 6.07) is 22.5. The van der Waals surface area contributed by atoms with Gasteiger partial charge in [0.05, 0.1) is 19.3 Å². The first-order valence-electron chi connectivity index (χ1n) is 13.8. The molecule has 6 rings (SSSR count). The Morgan fingerprint density at radius 2 is 1.55 bits per heavy atom. The molecule has 1 aliphatic carbocycles. The van der Waals surface area contributed by atoms with Crippen molar-refractivity contribution in [1.29, 1.82) is 0 Å². The summed E-state index contributed by atoms with van der Waals surface area (Å²) in [5.74, 6) is 0.615. The van der Waals surface area contributed by atoms with Gasteiger partial charge in [0.1, 0.15) is 18.4 Å². The molecule has 2 bridgehead atoms. The first kappa shape index (κ1) is 27.5. The van der Waals surface area contributed by atoms with Crippen LogP contribution in [0.3, 0.4) is 0 Å². The molecule has 7 nitrogen and oxygen atoms in total. The van der Waals surface area contributed by atoms with Gasteiger partial charge in [-0.15, -0.1) is 0 Å². The molecule has 2 atom stereocenters. The number of ether oxygens (including phenoxy) is 3. The monoisotopic (exact) mass is 540 g/mol. The molecule has 0 fully saturated rings. The van der Waals surface area contributed by atoms with Gasteiger partial charge in [-0.2, -0.15) is 0 Å². The predicted octanol–water partition coefficient (Wildman–Crippen LogP) is 5.54. The van der Waals surface area contributed by atoms with E-state index in [1.165, 1.54) is 4.90 Å². The van der Waals surface area contributed by atoms with Crippen LogP contribution in [0.5, 0.6) is 5.75 Å². The van der Waals surface area contributed by atoms with E-state index in [-0.39, 0.29) is 17.9 Å². The van der Waals surface area contributed by atoms with Crippen LogP contribution < -0.4 is 10.1 Å². The fourth-order valence-electron chi connectivity index (χ4n) is 5.12. The van der Waals surface area contributed by atoms with E-state index >= 15 is 0 Å². The molecule has 2 heterocycles. The van der Waals surface area contributed by atoms with Crippen LogP contribution in [-0.4, -0.2) is 55.9 Å². The summed E-state index contributed by atoms with van der Waals surface area (Å²) in [6.07, 6.45) is 3.04. The molecule has 2 amide bonds. The second-order valence-corrected chi connectivity index (χ2v) is 10.6. The molecule has 208 valence electrons. The Kier molecular flexibility index (Phi) is 8.51. The lowest BCUT2D eigenvalue weighted by Crippen LogP contribution is -2.53. The number of amides is 2. The molecule has 3 aromatic carbocycles. The lowest BCUT2D eigenvalue weighted by atomic mass is 10.0. The predicted molar refractivity (Wildman–Crippen MR) is 154 cm³/mol. The molecule has 3 aromatic rings. The standard InChI is InChI=1S/C33H36N2O5/c1-22(2)29-21-38-18-8-9-19-39-24-16-14-23(15-17-24)20-30(32(36)34-29)35(3)33(37)40-31-27-12-6-4-10-25(27)26-11-5-7-13-28(26)31/h4-17,22,29-31H,18-21H2,1-3H3,(H,34,36)/b9-8-/t29-,30-/m1/s1. The van der Waals surface area contributed by atoms with E-state index in [0.29, 0.717) is 26.2 Å². The number of rotatable bonds is 3. The molecule has 0 radical (unpaired) electrons. The Hall–Kier alpha value is -4.10. The summed E-state index contributed by atoms with van der Waals surface area (Å²) in [5, 5.41) is 3.14. The number of benzene rings is 3.